The first kappa shape index (κ1) is 12.6. The maximum Gasteiger partial charge on any atom is 0.238 e. The van der Waals surface area contributed by atoms with Crippen molar-refractivity contribution in [2.24, 2.45) is 5.92 Å². The van der Waals surface area contributed by atoms with Gasteiger partial charge in [0.05, 0.1) is 6.54 Å². The highest BCUT2D eigenvalue weighted by atomic mass is 32.1. The fraction of sp³-hybridized carbons (Fsp3) is 0.615. The van der Waals surface area contributed by atoms with Crippen LogP contribution >= 0.6 is 11.3 Å². The van der Waals surface area contributed by atoms with Crippen molar-refractivity contribution >= 4 is 17.2 Å². The SMILES string of the molecule is CC(C)CCCN1C(=O)CNC1c1ccsc1. The van der Waals surface area contributed by atoms with Gasteiger partial charge in [0.1, 0.15) is 6.17 Å². The quantitative estimate of drug-likeness (QED) is 0.873. The lowest BCUT2D eigenvalue weighted by Gasteiger charge is -2.24. The summed E-state index contributed by atoms with van der Waals surface area (Å²) in [6.45, 7) is 5.79. The van der Waals surface area contributed by atoms with Gasteiger partial charge in [-0.25, -0.2) is 0 Å². The molecule has 1 atom stereocenters. The third-order valence-corrected chi connectivity index (χ3v) is 3.82. The Morgan fingerprint density at radius 2 is 2.41 bits per heavy atom. The molecule has 1 amide bonds. The van der Waals surface area contributed by atoms with Crippen molar-refractivity contribution < 1.29 is 4.79 Å². The molecule has 0 aliphatic carbocycles. The fourth-order valence-corrected chi connectivity index (χ4v) is 2.87. The van der Waals surface area contributed by atoms with Crippen LogP contribution in [0.5, 0.6) is 0 Å². The summed E-state index contributed by atoms with van der Waals surface area (Å²) in [6, 6.07) is 2.09. The van der Waals surface area contributed by atoms with Gasteiger partial charge in [-0.1, -0.05) is 13.8 Å². The molecule has 1 aliphatic heterocycles. The largest absolute Gasteiger partial charge is 0.322 e. The number of nitrogens with one attached hydrogen (secondary N) is 1. The molecule has 1 aromatic rings. The third kappa shape index (κ3) is 3.07. The number of carbonyl (C=O) groups excluding carboxylic acids is 1. The van der Waals surface area contributed by atoms with Crippen LogP contribution < -0.4 is 5.32 Å². The highest BCUT2D eigenvalue weighted by Gasteiger charge is 2.31. The Bertz CT molecular complexity index is 362. The Balaban J connectivity index is 1.95. The van der Waals surface area contributed by atoms with Gasteiger partial charge in [-0.15, -0.1) is 0 Å². The monoisotopic (exact) mass is 252 g/mol. The van der Waals surface area contributed by atoms with Gasteiger partial charge in [0.2, 0.25) is 5.91 Å². The molecule has 17 heavy (non-hydrogen) atoms. The van der Waals surface area contributed by atoms with E-state index in [1.165, 1.54) is 12.0 Å². The molecule has 0 radical (unpaired) electrons. The molecule has 3 nitrogen and oxygen atoms in total. The highest BCUT2D eigenvalue weighted by molar-refractivity contribution is 7.07. The van der Waals surface area contributed by atoms with E-state index in [-0.39, 0.29) is 12.1 Å². The van der Waals surface area contributed by atoms with E-state index in [0.29, 0.717) is 12.5 Å². The number of thiophene rings is 1. The zero-order chi connectivity index (χ0) is 12.3. The Morgan fingerprint density at radius 1 is 1.59 bits per heavy atom. The number of nitrogens with zero attached hydrogens (tertiary/aromatic N) is 1. The molecule has 94 valence electrons. The van der Waals surface area contributed by atoms with Gasteiger partial charge < -0.3 is 4.90 Å². The zero-order valence-corrected chi connectivity index (χ0v) is 11.3. The Hall–Kier alpha value is -0.870. The smallest absolute Gasteiger partial charge is 0.238 e. The van der Waals surface area contributed by atoms with Crippen LogP contribution in [0.4, 0.5) is 0 Å². The average Bonchev–Trinajstić information content (AvgIpc) is 2.88. The summed E-state index contributed by atoms with van der Waals surface area (Å²) in [4.78, 5) is 13.8. The van der Waals surface area contributed by atoms with Crippen LogP contribution in [0.2, 0.25) is 0 Å². The second-order valence-electron chi connectivity index (χ2n) is 4.96. The van der Waals surface area contributed by atoms with Crippen molar-refractivity contribution in [3.8, 4) is 0 Å². The zero-order valence-electron chi connectivity index (χ0n) is 10.5. The first-order valence-electron chi connectivity index (χ1n) is 6.23. The summed E-state index contributed by atoms with van der Waals surface area (Å²) < 4.78 is 0. The predicted molar refractivity (Wildman–Crippen MR) is 70.8 cm³/mol. The van der Waals surface area contributed by atoms with Crippen LogP contribution in [0, 0.1) is 5.92 Å². The molecule has 0 bridgehead atoms. The number of carbonyl (C=O) groups is 1. The van der Waals surface area contributed by atoms with Crippen LogP contribution in [0.15, 0.2) is 16.8 Å². The maximum absolute atomic E-state index is 11.8. The van der Waals surface area contributed by atoms with Crippen LogP contribution in [0.25, 0.3) is 0 Å². The van der Waals surface area contributed by atoms with Gasteiger partial charge in [-0.2, -0.15) is 11.3 Å². The summed E-state index contributed by atoms with van der Waals surface area (Å²) in [6.07, 6.45) is 2.37. The van der Waals surface area contributed by atoms with E-state index in [2.05, 4.69) is 36.0 Å². The van der Waals surface area contributed by atoms with Crippen molar-refractivity contribution in [2.45, 2.75) is 32.9 Å². The van der Waals surface area contributed by atoms with Crippen molar-refractivity contribution in [1.29, 1.82) is 0 Å². The average molecular weight is 252 g/mol. The normalized spacial score (nSPS) is 20.5. The van der Waals surface area contributed by atoms with Crippen LogP contribution in [-0.2, 0) is 4.79 Å². The molecule has 4 heteroatoms. The Morgan fingerprint density at radius 3 is 3.06 bits per heavy atom. The Labute approximate surface area is 107 Å². The van der Waals surface area contributed by atoms with E-state index in [1.54, 1.807) is 11.3 Å². The second-order valence-corrected chi connectivity index (χ2v) is 5.74. The lowest BCUT2D eigenvalue weighted by molar-refractivity contribution is -0.128. The third-order valence-electron chi connectivity index (χ3n) is 3.12. The molecular formula is C13H20N2OS. The second kappa shape index (κ2) is 5.65. The van der Waals surface area contributed by atoms with Gasteiger partial charge in [-0.3, -0.25) is 10.1 Å². The standard InChI is InChI=1S/C13H20N2OS/c1-10(2)4-3-6-15-12(16)8-14-13(15)11-5-7-17-9-11/h5,7,9-10,13-14H,3-4,6,8H2,1-2H3. The number of rotatable bonds is 5. The number of amides is 1. The summed E-state index contributed by atoms with van der Waals surface area (Å²) in [5, 5.41) is 7.46. The first-order valence-corrected chi connectivity index (χ1v) is 7.17. The molecule has 1 unspecified atom stereocenters. The molecule has 1 saturated heterocycles. The molecule has 1 N–H and O–H groups in total. The van der Waals surface area contributed by atoms with Gasteiger partial charge in [0, 0.05) is 6.54 Å². The molecule has 2 heterocycles. The van der Waals surface area contributed by atoms with Crippen molar-refractivity contribution in [2.75, 3.05) is 13.1 Å². The van der Waals surface area contributed by atoms with E-state index in [4.69, 9.17) is 0 Å². The molecule has 0 aromatic carbocycles. The van der Waals surface area contributed by atoms with Gasteiger partial charge >= 0.3 is 0 Å². The van der Waals surface area contributed by atoms with E-state index in [9.17, 15) is 4.79 Å². The minimum absolute atomic E-state index is 0.0981. The molecule has 0 spiro atoms. The van der Waals surface area contributed by atoms with Gasteiger partial charge in [0.25, 0.3) is 0 Å². The lowest BCUT2D eigenvalue weighted by atomic mass is 10.1. The summed E-state index contributed by atoms with van der Waals surface area (Å²) in [5.74, 6) is 0.935. The molecule has 1 aromatic heterocycles. The van der Waals surface area contributed by atoms with E-state index in [1.807, 2.05) is 4.90 Å². The number of hydrogen-bond donors (Lipinski definition) is 1. The van der Waals surface area contributed by atoms with Crippen LogP contribution in [-0.4, -0.2) is 23.9 Å². The fourth-order valence-electron chi connectivity index (χ4n) is 2.19. The number of hydrogen-bond acceptors (Lipinski definition) is 3. The molecule has 0 saturated carbocycles. The summed E-state index contributed by atoms with van der Waals surface area (Å²) in [5.41, 5.74) is 1.21. The van der Waals surface area contributed by atoms with E-state index < -0.39 is 0 Å². The summed E-state index contributed by atoms with van der Waals surface area (Å²) >= 11 is 1.68. The van der Waals surface area contributed by atoms with Crippen LogP contribution in [0.3, 0.4) is 0 Å². The molecular weight excluding hydrogens is 232 g/mol. The van der Waals surface area contributed by atoms with Gasteiger partial charge in [-0.05, 0) is 41.1 Å². The summed E-state index contributed by atoms with van der Waals surface area (Å²) in [7, 11) is 0. The van der Waals surface area contributed by atoms with Crippen molar-refractivity contribution in [3.63, 3.8) is 0 Å². The van der Waals surface area contributed by atoms with E-state index >= 15 is 0 Å². The molecule has 1 aliphatic rings. The molecule has 2 rings (SSSR count). The predicted octanol–water partition coefficient (Wildman–Crippen LogP) is 2.61. The minimum atomic E-state index is 0.0981. The maximum atomic E-state index is 11.8. The van der Waals surface area contributed by atoms with Crippen LogP contribution in [0.1, 0.15) is 38.4 Å². The van der Waals surface area contributed by atoms with Crippen molar-refractivity contribution in [3.05, 3.63) is 22.4 Å². The lowest BCUT2D eigenvalue weighted by Crippen LogP contribution is -2.31. The van der Waals surface area contributed by atoms with E-state index in [0.717, 1.165) is 13.0 Å². The highest BCUT2D eigenvalue weighted by Crippen LogP contribution is 2.24. The topological polar surface area (TPSA) is 32.3 Å². The molecule has 1 fully saturated rings. The minimum Gasteiger partial charge on any atom is -0.322 e. The van der Waals surface area contributed by atoms with Crippen molar-refractivity contribution in [1.82, 2.24) is 10.2 Å². The first-order chi connectivity index (χ1) is 8.18. The van der Waals surface area contributed by atoms with Gasteiger partial charge in [0.15, 0.2) is 0 Å². The Kier molecular flexibility index (Phi) is 4.18.